The van der Waals surface area contributed by atoms with Gasteiger partial charge >= 0.3 is 14.5 Å². The number of benzene rings is 1. The van der Waals surface area contributed by atoms with E-state index >= 15 is 0 Å². The highest BCUT2D eigenvalue weighted by atomic mass is 28.4. The van der Waals surface area contributed by atoms with Crippen molar-refractivity contribution in [1.82, 2.24) is 0 Å². The van der Waals surface area contributed by atoms with Crippen molar-refractivity contribution in [1.29, 1.82) is 0 Å². The first-order valence-electron chi connectivity index (χ1n) is 12.2. The van der Waals surface area contributed by atoms with Crippen LogP contribution in [0.3, 0.4) is 0 Å². The summed E-state index contributed by atoms with van der Waals surface area (Å²) >= 11 is 0. The molecular weight excluding hydrogens is 436 g/mol. The molecule has 0 aliphatic heterocycles. The summed E-state index contributed by atoms with van der Waals surface area (Å²) in [5.41, 5.74) is 1.86. The highest BCUT2D eigenvalue weighted by Crippen LogP contribution is 2.58. The zero-order chi connectivity index (χ0) is 24.4. The minimum absolute atomic E-state index is 0.0994. The molecule has 0 saturated heterocycles. The number of esters is 1. The second-order valence-electron chi connectivity index (χ2n) is 10.1. The first-order chi connectivity index (χ1) is 15.6. The molecule has 0 heterocycles. The first-order valence-corrected chi connectivity index (χ1v) is 14.7. The second kappa shape index (κ2) is 9.88. The Morgan fingerprint density at radius 3 is 2.36 bits per heavy atom. The third kappa shape index (κ3) is 4.64. The van der Waals surface area contributed by atoms with E-state index in [1.807, 2.05) is 32.9 Å². The highest BCUT2D eigenvalue weighted by molar-refractivity contribution is 6.66. The summed E-state index contributed by atoms with van der Waals surface area (Å²) in [6.07, 6.45) is 3.65. The molecule has 33 heavy (non-hydrogen) atoms. The van der Waals surface area contributed by atoms with Crippen LogP contribution in [0.5, 0.6) is 5.75 Å². The number of hydrogen-bond donors (Lipinski definition) is 0. The molecule has 3 atom stereocenters. The van der Waals surface area contributed by atoms with Gasteiger partial charge in [-0.2, -0.15) is 0 Å². The normalized spacial score (nSPS) is 27.0. The van der Waals surface area contributed by atoms with Crippen LogP contribution in [0.25, 0.3) is 0 Å². The van der Waals surface area contributed by atoms with E-state index in [-0.39, 0.29) is 23.1 Å². The fraction of sp³-hybridized carbons (Fsp3) is 0.692. The average Bonchev–Trinajstić information content (AvgIpc) is 2.78. The number of ketones is 1. The number of hydrogen-bond acceptors (Lipinski definition) is 6. The van der Waals surface area contributed by atoms with E-state index in [0.717, 1.165) is 47.7 Å². The van der Waals surface area contributed by atoms with Gasteiger partial charge in [0.15, 0.2) is 5.78 Å². The molecule has 0 bridgehead atoms. The molecule has 6 nitrogen and oxygen atoms in total. The summed E-state index contributed by atoms with van der Waals surface area (Å²) in [6, 6.07) is 4.78. The number of carbonyl (C=O) groups excluding carboxylic acids is 2. The lowest BCUT2D eigenvalue weighted by atomic mass is 9.49. The van der Waals surface area contributed by atoms with Crippen molar-refractivity contribution in [3.05, 3.63) is 28.8 Å². The van der Waals surface area contributed by atoms with Crippen molar-refractivity contribution in [3.63, 3.8) is 0 Å². The van der Waals surface area contributed by atoms with Crippen LogP contribution in [0.4, 0.5) is 0 Å². The number of Topliss-reactive ketones (excluding diaryl/α,β-unsaturated/α-hetero) is 1. The monoisotopic (exact) mass is 476 g/mol. The SMILES string of the molecule is CCO[Si](C)(CCc1cc(OC)cc2c1C(=O)CC1[C@@](C)(C(=O)OC)CCC[C@]21C)OCC. The van der Waals surface area contributed by atoms with Crippen molar-refractivity contribution in [2.24, 2.45) is 11.3 Å². The second-order valence-corrected chi connectivity index (χ2v) is 13.4. The standard InChI is InChI=1S/C26H40O6Si/c1-8-31-33(7,32-9-2)14-11-18-15-19(29-5)16-20-23(18)21(27)17-22-25(20,3)12-10-13-26(22,4)24(28)30-6/h15-16,22H,8-14,17H2,1-7H3/t22?,25-,26+/m1/s1. The van der Waals surface area contributed by atoms with Crippen LogP contribution in [-0.4, -0.2) is 47.7 Å². The maximum atomic E-state index is 13.6. The highest BCUT2D eigenvalue weighted by Gasteiger charge is 2.57. The Kier molecular flexibility index (Phi) is 7.76. The number of methoxy groups -OCH3 is 2. The molecule has 1 saturated carbocycles. The summed E-state index contributed by atoms with van der Waals surface area (Å²) in [5.74, 6) is 0.545. The third-order valence-electron chi connectivity index (χ3n) is 8.04. The molecule has 0 amide bonds. The Morgan fingerprint density at radius 2 is 1.79 bits per heavy atom. The molecule has 1 fully saturated rings. The van der Waals surface area contributed by atoms with Gasteiger partial charge in [-0.05, 0) is 87.2 Å². The van der Waals surface area contributed by atoms with E-state index in [1.54, 1.807) is 7.11 Å². The minimum Gasteiger partial charge on any atom is -0.497 e. The van der Waals surface area contributed by atoms with Gasteiger partial charge < -0.3 is 18.3 Å². The van der Waals surface area contributed by atoms with Crippen molar-refractivity contribution in [2.75, 3.05) is 27.4 Å². The molecule has 3 rings (SSSR count). The molecule has 1 unspecified atom stereocenters. The van der Waals surface area contributed by atoms with Crippen LogP contribution in [0.2, 0.25) is 12.6 Å². The van der Waals surface area contributed by atoms with Crippen LogP contribution in [0.15, 0.2) is 12.1 Å². The summed E-state index contributed by atoms with van der Waals surface area (Å²) in [5, 5.41) is 0. The van der Waals surface area contributed by atoms with Gasteiger partial charge in [0, 0.05) is 25.2 Å². The molecule has 1 aromatic carbocycles. The zero-order valence-corrected chi connectivity index (χ0v) is 22.3. The average molecular weight is 477 g/mol. The van der Waals surface area contributed by atoms with Gasteiger partial charge in [-0.3, -0.25) is 9.59 Å². The van der Waals surface area contributed by atoms with E-state index in [9.17, 15) is 9.59 Å². The van der Waals surface area contributed by atoms with Crippen LogP contribution in [0.1, 0.15) is 74.9 Å². The summed E-state index contributed by atoms with van der Waals surface area (Å²) < 4.78 is 23.0. The van der Waals surface area contributed by atoms with E-state index in [2.05, 4.69) is 13.5 Å². The van der Waals surface area contributed by atoms with Crippen LogP contribution in [0, 0.1) is 11.3 Å². The number of fused-ring (bicyclic) bond motifs is 3. The smallest absolute Gasteiger partial charge is 0.335 e. The lowest BCUT2D eigenvalue weighted by Gasteiger charge is -2.53. The summed E-state index contributed by atoms with van der Waals surface area (Å²) in [6.45, 7) is 11.5. The van der Waals surface area contributed by atoms with E-state index < -0.39 is 14.0 Å². The fourth-order valence-electron chi connectivity index (χ4n) is 6.34. The molecule has 0 radical (unpaired) electrons. The quantitative estimate of drug-likeness (QED) is 0.360. The van der Waals surface area contributed by atoms with Crippen molar-refractivity contribution < 1.29 is 27.9 Å². The van der Waals surface area contributed by atoms with Crippen molar-refractivity contribution >= 4 is 20.3 Å². The molecule has 2 aliphatic carbocycles. The predicted molar refractivity (Wildman–Crippen MR) is 130 cm³/mol. The van der Waals surface area contributed by atoms with E-state index in [0.29, 0.717) is 26.1 Å². The van der Waals surface area contributed by atoms with Crippen LogP contribution < -0.4 is 4.74 Å². The predicted octanol–water partition coefficient (Wildman–Crippen LogP) is 5.21. The van der Waals surface area contributed by atoms with Gasteiger partial charge in [0.05, 0.1) is 19.6 Å². The van der Waals surface area contributed by atoms with Crippen molar-refractivity contribution in [3.8, 4) is 5.75 Å². The van der Waals surface area contributed by atoms with Crippen LogP contribution >= 0.6 is 0 Å². The first kappa shape index (κ1) is 25.9. The molecule has 0 spiro atoms. The molecule has 7 heteroatoms. The molecule has 0 N–H and O–H groups in total. The zero-order valence-electron chi connectivity index (χ0n) is 21.3. The van der Waals surface area contributed by atoms with Gasteiger partial charge in [-0.1, -0.05) is 13.3 Å². The summed E-state index contributed by atoms with van der Waals surface area (Å²) in [4.78, 5) is 26.5. The maximum absolute atomic E-state index is 13.6. The molecule has 0 aromatic heterocycles. The Morgan fingerprint density at radius 1 is 1.12 bits per heavy atom. The number of ether oxygens (including phenoxy) is 2. The molecular formula is C26H40O6Si. The molecule has 184 valence electrons. The van der Waals surface area contributed by atoms with Gasteiger partial charge in [0.1, 0.15) is 5.75 Å². The Labute approximate surface area is 199 Å². The largest absolute Gasteiger partial charge is 0.497 e. The minimum atomic E-state index is -2.34. The van der Waals surface area contributed by atoms with Gasteiger partial charge in [-0.15, -0.1) is 0 Å². The Bertz CT molecular complexity index is 893. The molecule has 1 aromatic rings. The number of carbonyl (C=O) groups is 2. The number of rotatable bonds is 9. The lowest BCUT2D eigenvalue weighted by Crippen LogP contribution is -2.54. The topological polar surface area (TPSA) is 71.1 Å². The maximum Gasteiger partial charge on any atom is 0.335 e. The third-order valence-corrected chi connectivity index (χ3v) is 11.0. The summed E-state index contributed by atoms with van der Waals surface area (Å²) in [7, 11) is 0.766. The van der Waals surface area contributed by atoms with Crippen molar-refractivity contribution in [2.45, 2.75) is 77.8 Å². The Balaban J connectivity index is 2.08. The van der Waals surface area contributed by atoms with E-state index in [1.165, 1.54) is 7.11 Å². The molecule has 2 aliphatic rings. The van der Waals surface area contributed by atoms with Gasteiger partial charge in [0.25, 0.3) is 0 Å². The van der Waals surface area contributed by atoms with Crippen LogP contribution in [-0.2, 0) is 30.2 Å². The fourth-order valence-corrected chi connectivity index (χ4v) is 8.66. The van der Waals surface area contributed by atoms with E-state index in [4.69, 9.17) is 18.3 Å². The number of aryl methyl sites for hydroxylation is 1. The Hall–Kier alpha value is -1.70. The van der Waals surface area contributed by atoms with Gasteiger partial charge in [0.2, 0.25) is 0 Å². The van der Waals surface area contributed by atoms with Gasteiger partial charge in [-0.25, -0.2) is 0 Å². The lowest BCUT2D eigenvalue weighted by molar-refractivity contribution is -0.160.